The number of nitrogens with one attached hydrogen (secondary N) is 1. The van der Waals surface area contributed by atoms with Gasteiger partial charge in [-0.25, -0.2) is 4.39 Å². The second-order valence-corrected chi connectivity index (χ2v) is 7.32. The number of amides is 1. The number of anilines is 2. The average Bonchev–Trinajstić information content (AvgIpc) is 3.10. The van der Waals surface area contributed by atoms with Crippen LogP contribution in [0.5, 0.6) is 11.5 Å². The molecule has 0 saturated heterocycles. The quantitative estimate of drug-likeness (QED) is 0.284. The lowest BCUT2D eigenvalue weighted by Crippen LogP contribution is -2.38. The molecule has 2 aromatic carbocycles. The smallest absolute Gasteiger partial charge is 0.472 e. The summed E-state index contributed by atoms with van der Waals surface area (Å²) in [5.41, 5.74) is 4.74. The van der Waals surface area contributed by atoms with Crippen molar-refractivity contribution in [3.8, 4) is 22.8 Å². The van der Waals surface area contributed by atoms with Crippen LogP contribution in [0.15, 0.2) is 42.6 Å². The Hall–Kier alpha value is -3.80. The molecule has 34 heavy (non-hydrogen) atoms. The molecule has 3 N–H and O–H groups in total. The van der Waals surface area contributed by atoms with E-state index in [4.69, 9.17) is 32.2 Å². The summed E-state index contributed by atoms with van der Waals surface area (Å²) in [6.45, 7) is -0.319. The van der Waals surface area contributed by atoms with Gasteiger partial charge in [0.25, 0.3) is 0 Å². The number of methoxy groups -OCH3 is 1. The molecule has 3 aromatic rings. The van der Waals surface area contributed by atoms with Gasteiger partial charge in [0.15, 0.2) is 5.82 Å². The van der Waals surface area contributed by atoms with Crippen molar-refractivity contribution in [2.24, 2.45) is 12.8 Å². The molecule has 0 bridgehead atoms. The summed E-state index contributed by atoms with van der Waals surface area (Å²) < 4.78 is 67.0. The Balaban J connectivity index is 2.24. The van der Waals surface area contributed by atoms with Crippen LogP contribution >= 0.6 is 11.6 Å². The predicted molar refractivity (Wildman–Crippen MR) is 117 cm³/mol. The number of carbonyl (C=O) groups is 1. The summed E-state index contributed by atoms with van der Waals surface area (Å²) in [5, 5.41) is 11.5. The molecule has 1 heterocycles. The zero-order valence-electron chi connectivity index (χ0n) is 17.8. The highest BCUT2D eigenvalue weighted by molar-refractivity contribution is 6.33. The molecule has 1 aromatic heterocycles. The van der Waals surface area contributed by atoms with E-state index in [0.717, 1.165) is 18.2 Å². The number of benzene rings is 2. The highest BCUT2D eigenvalue weighted by Gasteiger charge is 2.44. The Morgan fingerprint density at radius 3 is 2.50 bits per heavy atom. The van der Waals surface area contributed by atoms with Crippen LogP contribution in [0, 0.1) is 11.2 Å². The lowest BCUT2D eigenvalue weighted by Gasteiger charge is -2.26. The lowest BCUT2D eigenvalue weighted by atomic mass is 10.1. The number of nitrogens with zero attached hydrogens (tertiary/aromatic N) is 3. The first-order chi connectivity index (χ1) is 15.9. The van der Waals surface area contributed by atoms with Crippen molar-refractivity contribution >= 4 is 34.7 Å². The van der Waals surface area contributed by atoms with E-state index in [2.05, 4.69) is 5.10 Å². The standard InChI is InChI=1S/C21H18ClF4N5O3/c1-30-19(14(22)9-29-30)13-7-11(3-6-17(13)34-10-18(27)28)31(20(32)21(24,25)26)16-5-4-12(33-2)8-15(16)23/h3-9H,10H2,1-2H3,(H3,27,28). The van der Waals surface area contributed by atoms with Crippen LogP contribution in [0.4, 0.5) is 28.9 Å². The molecule has 0 aliphatic rings. The third-order valence-corrected chi connectivity index (χ3v) is 4.87. The molecule has 0 unspecified atom stereocenters. The molecule has 0 radical (unpaired) electrons. The maximum absolute atomic E-state index is 14.8. The largest absolute Gasteiger partial charge is 0.497 e. The van der Waals surface area contributed by atoms with Gasteiger partial charge in [0.2, 0.25) is 0 Å². The Morgan fingerprint density at radius 2 is 1.97 bits per heavy atom. The van der Waals surface area contributed by atoms with Crippen LogP contribution in [-0.4, -0.2) is 41.4 Å². The number of nitrogens with two attached hydrogens (primary N) is 1. The summed E-state index contributed by atoms with van der Waals surface area (Å²) >= 11 is 6.22. The number of halogens is 5. The molecule has 0 aliphatic carbocycles. The molecule has 0 fully saturated rings. The van der Waals surface area contributed by atoms with Crippen molar-refractivity contribution in [1.29, 1.82) is 5.41 Å². The molecule has 8 nitrogen and oxygen atoms in total. The zero-order valence-corrected chi connectivity index (χ0v) is 18.5. The number of hydrogen-bond acceptors (Lipinski definition) is 5. The first-order valence-electron chi connectivity index (χ1n) is 9.46. The molecule has 0 saturated carbocycles. The fourth-order valence-electron chi connectivity index (χ4n) is 3.13. The van der Waals surface area contributed by atoms with Crippen molar-refractivity contribution < 1.29 is 31.8 Å². The number of aryl methyl sites for hydroxylation is 1. The number of aromatic nitrogens is 2. The van der Waals surface area contributed by atoms with E-state index >= 15 is 0 Å². The number of amidine groups is 1. The minimum atomic E-state index is -5.32. The SMILES string of the molecule is COc1ccc(N(C(=O)C(F)(F)F)c2ccc(OCC(=N)N)c(-c3c(Cl)cnn3C)c2)c(F)c1. The van der Waals surface area contributed by atoms with E-state index in [-0.39, 0.29) is 50.8 Å². The number of ether oxygens (including phenoxy) is 2. The predicted octanol–water partition coefficient (Wildman–Crippen LogP) is 4.43. The van der Waals surface area contributed by atoms with E-state index < -0.39 is 23.6 Å². The first kappa shape index (κ1) is 24.8. The monoisotopic (exact) mass is 499 g/mol. The summed E-state index contributed by atoms with van der Waals surface area (Å²) in [6.07, 6.45) is -4.01. The van der Waals surface area contributed by atoms with E-state index in [1.165, 1.54) is 43.2 Å². The van der Waals surface area contributed by atoms with E-state index in [1.54, 1.807) is 0 Å². The third-order valence-electron chi connectivity index (χ3n) is 4.60. The maximum atomic E-state index is 14.8. The van der Waals surface area contributed by atoms with E-state index in [0.29, 0.717) is 0 Å². The molecule has 0 spiro atoms. The van der Waals surface area contributed by atoms with Crippen LogP contribution in [0.2, 0.25) is 5.02 Å². The normalized spacial score (nSPS) is 11.3. The Morgan fingerprint density at radius 1 is 1.26 bits per heavy atom. The summed E-state index contributed by atoms with van der Waals surface area (Å²) in [4.78, 5) is 12.6. The fourth-order valence-corrected chi connectivity index (χ4v) is 3.39. The second-order valence-electron chi connectivity index (χ2n) is 6.91. The van der Waals surface area contributed by atoms with Crippen LogP contribution in [0.25, 0.3) is 11.3 Å². The van der Waals surface area contributed by atoms with Crippen molar-refractivity contribution in [2.45, 2.75) is 6.18 Å². The van der Waals surface area contributed by atoms with Gasteiger partial charge in [0.05, 0.1) is 35.4 Å². The fraction of sp³-hybridized carbons (Fsp3) is 0.190. The van der Waals surface area contributed by atoms with Crippen LogP contribution in [0.3, 0.4) is 0 Å². The van der Waals surface area contributed by atoms with Crippen LogP contribution in [-0.2, 0) is 11.8 Å². The van der Waals surface area contributed by atoms with Crippen molar-refractivity contribution in [3.63, 3.8) is 0 Å². The Bertz CT molecular complexity index is 1230. The Labute approximate surface area is 195 Å². The summed E-state index contributed by atoms with van der Waals surface area (Å²) in [5.74, 6) is -3.60. The topological polar surface area (TPSA) is 106 Å². The molecule has 3 rings (SSSR count). The molecule has 0 atom stereocenters. The van der Waals surface area contributed by atoms with Crippen molar-refractivity contribution in [2.75, 3.05) is 18.6 Å². The van der Waals surface area contributed by atoms with Gasteiger partial charge in [-0.1, -0.05) is 11.6 Å². The number of carbonyl (C=O) groups excluding carboxylic acids is 1. The van der Waals surface area contributed by atoms with E-state index in [1.807, 2.05) is 0 Å². The molecule has 13 heteroatoms. The van der Waals surface area contributed by atoms with Crippen molar-refractivity contribution in [3.05, 3.63) is 53.4 Å². The highest BCUT2D eigenvalue weighted by atomic mass is 35.5. The minimum Gasteiger partial charge on any atom is -0.497 e. The first-order valence-corrected chi connectivity index (χ1v) is 9.84. The molecular weight excluding hydrogens is 482 g/mol. The number of rotatable bonds is 7. The van der Waals surface area contributed by atoms with Gasteiger partial charge in [-0.15, -0.1) is 0 Å². The third kappa shape index (κ3) is 5.06. The number of alkyl halides is 3. The second kappa shape index (κ2) is 9.59. The van der Waals surface area contributed by atoms with Gasteiger partial charge >= 0.3 is 12.1 Å². The zero-order chi connectivity index (χ0) is 25.2. The average molecular weight is 500 g/mol. The maximum Gasteiger partial charge on any atom is 0.472 e. The summed E-state index contributed by atoms with van der Waals surface area (Å²) in [7, 11) is 2.79. The van der Waals surface area contributed by atoms with E-state index in [9.17, 15) is 22.4 Å². The molecular formula is C21H18ClF4N5O3. The molecule has 1 amide bonds. The van der Waals surface area contributed by atoms with Gasteiger partial charge in [-0.05, 0) is 30.3 Å². The van der Waals surface area contributed by atoms with Crippen molar-refractivity contribution in [1.82, 2.24) is 9.78 Å². The van der Waals surface area contributed by atoms with Crippen LogP contribution < -0.4 is 20.1 Å². The van der Waals surface area contributed by atoms with Crippen LogP contribution in [0.1, 0.15) is 0 Å². The van der Waals surface area contributed by atoms with Gasteiger partial charge in [-0.3, -0.25) is 19.8 Å². The highest BCUT2D eigenvalue weighted by Crippen LogP contribution is 2.41. The van der Waals surface area contributed by atoms with Gasteiger partial charge in [-0.2, -0.15) is 18.3 Å². The van der Waals surface area contributed by atoms with Gasteiger partial charge < -0.3 is 15.2 Å². The number of hydrogen-bond donors (Lipinski definition) is 2. The van der Waals surface area contributed by atoms with Gasteiger partial charge in [0, 0.05) is 18.7 Å². The summed E-state index contributed by atoms with van der Waals surface area (Å²) in [6, 6.07) is 6.64. The minimum absolute atomic E-state index is 0.0518. The Kier molecular flexibility index (Phi) is 7.01. The molecule has 0 aliphatic heterocycles. The molecule has 180 valence electrons. The van der Waals surface area contributed by atoms with Gasteiger partial charge in [0.1, 0.15) is 23.9 Å². The lowest BCUT2D eigenvalue weighted by molar-refractivity contribution is -0.169.